The van der Waals surface area contributed by atoms with E-state index in [9.17, 15) is 0 Å². The molecule has 0 amide bonds. The third-order valence-electron chi connectivity index (χ3n) is 8.91. The second-order valence-electron chi connectivity index (χ2n) is 12.6. The minimum absolute atomic E-state index is 0.166. The summed E-state index contributed by atoms with van der Waals surface area (Å²) < 4.78 is 13.6. The molecule has 7 N–H and O–H groups in total. The third-order valence-corrected chi connectivity index (χ3v) is 9.09. The maximum atomic E-state index is 5.97. The van der Waals surface area contributed by atoms with Gasteiger partial charge in [-0.15, -0.1) is 10.2 Å². The van der Waals surface area contributed by atoms with E-state index in [0.29, 0.717) is 52.4 Å². The molecule has 17 heteroatoms. The summed E-state index contributed by atoms with van der Waals surface area (Å²) in [6.45, 7) is 0. The smallest absolute Gasteiger partial charge is 0.225 e. The maximum Gasteiger partial charge on any atom is 0.225 e. The Morgan fingerprint density at radius 2 is 1.06 bits per heavy atom. The highest BCUT2D eigenvalue weighted by Crippen LogP contribution is 2.22. The lowest BCUT2D eigenvalue weighted by molar-refractivity contribution is 0.395. The van der Waals surface area contributed by atoms with Crippen LogP contribution >= 0.6 is 11.6 Å². The molecule has 0 radical (unpaired) electrons. The van der Waals surface area contributed by atoms with Gasteiger partial charge < -0.3 is 32.0 Å². The predicted molar refractivity (Wildman–Crippen MR) is 195 cm³/mol. The van der Waals surface area contributed by atoms with Gasteiger partial charge in [0.2, 0.25) is 11.2 Å². The molecule has 4 heterocycles. The molecule has 268 valence electrons. The summed E-state index contributed by atoms with van der Waals surface area (Å²) in [5, 5.41) is 19.9. The van der Waals surface area contributed by atoms with Gasteiger partial charge in [-0.25, -0.2) is 9.97 Å². The SMILES string of the molecule is COc1ccc(-n2nnc3cnc(Cl)nc32)cc1.COc1ccc(-n2nnc3cnc(NC4CCC(N)CC4)nc32)cc1.NC1CCC(N)CC1. The van der Waals surface area contributed by atoms with E-state index >= 15 is 0 Å². The van der Waals surface area contributed by atoms with E-state index < -0.39 is 0 Å². The molecule has 0 saturated heterocycles. The zero-order chi connectivity index (χ0) is 35.7. The van der Waals surface area contributed by atoms with Crippen molar-refractivity contribution in [1.29, 1.82) is 0 Å². The molecule has 0 aliphatic heterocycles. The molecule has 8 rings (SSSR count). The summed E-state index contributed by atoms with van der Waals surface area (Å²) in [5.41, 5.74) is 21.4. The molecular weight excluding hydrogens is 672 g/mol. The fraction of sp³-hybridized carbons (Fsp3) is 0.412. The number of nitrogens with zero attached hydrogens (tertiary/aromatic N) is 10. The fourth-order valence-electron chi connectivity index (χ4n) is 5.89. The predicted octanol–water partition coefficient (Wildman–Crippen LogP) is 3.99. The van der Waals surface area contributed by atoms with E-state index in [2.05, 4.69) is 45.9 Å². The van der Waals surface area contributed by atoms with Gasteiger partial charge in [-0.3, -0.25) is 0 Å². The first-order chi connectivity index (χ1) is 24.8. The van der Waals surface area contributed by atoms with E-state index in [-0.39, 0.29) is 5.28 Å². The number of nitrogens with one attached hydrogen (secondary N) is 1. The van der Waals surface area contributed by atoms with Crippen LogP contribution in [0.25, 0.3) is 33.7 Å². The van der Waals surface area contributed by atoms with E-state index in [1.807, 2.05) is 48.5 Å². The molecule has 0 spiro atoms. The molecule has 16 nitrogen and oxygen atoms in total. The van der Waals surface area contributed by atoms with Crippen LogP contribution in [0.4, 0.5) is 5.95 Å². The molecular formula is C34H43ClN14O2. The van der Waals surface area contributed by atoms with E-state index in [1.165, 1.54) is 6.20 Å². The molecule has 2 saturated carbocycles. The number of hydrogen-bond donors (Lipinski definition) is 4. The van der Waals surface area contributed by atoms with Gasteiger partial charge in [0.15, 0.2) is 22.3 Å². The van der Waals surface area contributed by atoms with Crippen molar-refractivity contribution in [2.45, 2.75) is 75.5 Å². The lowest BCUT2D eigenvalue weighted by Gasteiger charge is -2.26. The normalized spacial score (nSPS) is 20.1. The van der Waals surface area contributed by atoms with E-state index in [4.69, 9.17) is 38.3 Å². The summed E-state index contributed by atoms with van der Waals surface area (Å²) in [6, 6.07) is 16.6. The highest BCUT2D eigenvalue weighted by atomic mass is 35.5. The zero-order valence-electron chi connectivity index (χ0n) is 28.6. The lowest BCUT2D eigenvalue weighted by atomic mass is 9.92. The molecule has 2 aromatic carbocycles. The molecule has 2 aliphatic rings. The van der Waals surface area contributed by atoms with Crippen molar-refractivity contribution in [3.63, 3.8) is 0 Å². The number of hydrogen-bond acceptors (Lipinski definition) is 14. The summed E-state index contributed by atoms with van der Waals surface area (Å²) in [6.07, 6.45) is 11.9. The van der Waals surface area contributed by atoms with E-state index in [0.717, 1.165) is 74.2 Å². The third kappa shape index (κ3) is 9.21. The van der Waals surface area contributed by atoms with Crippen LogP contribution in [0.1, 0.15) is 51.4 Å². The van der Waals surface area contributed by atoms with Crippen LogP contribution in [-0.2, 0) is 0 Å². The highest BCUT2D eigenvalue weighted by molar-refractivity contribution is 6.28. The molecule has 2 aliphatic carbocycles. The summed E-state index contributed by atoms with van der Waals surface area (Å²) in [4.78, 5) is 17.0. The number of benzene rings is 2. The van der Waals surface area contributed by atoms with Gasteiger partial charge in [0, 0.05) is 24.2 Å². The summed E-state index contributed by atoms with van der Waals surface area (Å²) in [5.74, 6) is 2.17. The number of halogens is 1. The second-order valence-corrected chi connectivity index (χ2v) is 12.9. The number of ether oxygens (including phenoxy) is 2. The maximum absolute atomic E-state index is 5.97. The van der Waals surface area contributed by atoms with Crippen molar-refractivity contribution < 1.29 is 9.47 Å². The topological polar surface area (TPSA) is 222 Å². The average Bonchev–Trinajstić information content (AvgIpc) is 3.78. The minimum atomic E-state index is 0.166. The van der Waals surface area contributed by atoms with Crippen LogP contribution in [0.2, 0.25) is 5.28 Å². The van der Waals surface area contributed by atoms with Crippen LogP contribution in [0.15, 0.2) is 60.9 Å². The molecule has 2 fully saturated rings. The summed E-state index contributed by atoms with van der Waals surface area (Å²) >= 11 is 5.77. The fourth-order valence-corrected chi connectivity index (χ4v) is 6.02. The standard InChI is InChI=1S/C17H21N7O.C11H8ClN5O.C6H14N2/c1-25-14-8-6-13(7-9-14)24-16-15(22-23-24)10-19-17(21-16)20-12-4-2-11(18)3-5-12;1-18-8-4-2-7(3-5-8)17-10-9(15-16-17)6-13-11(12)14-10;7-5-1-2-6(8)4-3-5/h6-12H,2-5,18H2,1H3,(H,19,20,21);2-6H,1H3;5-6H,1-4,7-8H2. The first-order valence-corrected chi connectivity index (χ1v) is 17.3. The first-order valence-electron chi connectivity index (χ1n) is 16.9. The van der Waals surface area contributed by atoms with Gasteiger partial charge >= 0.3 is 0 Å². The summed E-state index contributed by atoms with van der Waals surface area (Å²) in [7, 11) is 3.26. The van der Waals surface area contributed by atoms with Crippen LogP contribution in [0, 0.1) is 0 Å². The minimum Gasteiger partial charge on any atom is -0.497 e. The van der Waals surface area contributed by atoms with Crippen LogP contribution < -0.4 is 32.0 Å². The monoisotopic (exact) mass is 714 g/mol. The number of rotatable bonds is 6. The van der Waals surface area contributed by atoms with Gasteiger partial charge in [-0.05, 0) is 111 Å². The molecule has 4 aromatic heterocycles. The van der Waals surface area contributed by atoms with Crippen molar-refractivity contribution in [3.8, 4) is 22.9 Å². The van der Waals surface area contributed by atoms with Crippen LogP contribution in [0.3, 0.4) is 0 Å². The molecule has 0 unspecified atom stereocenters. The quantitative estimate of drug-likeness (QED) is 0.179. The Morgan fingerprint density at radius 3 is 1.53 bits per heavy atom. The van der Waals surface area contributed by atoms with Crippen molar-refractivity contribution >= 4 is 39.9 Å². The molecule has 51 heavy (non-hydrogen) atoms. The van der Waals surface area contributed by atoms with Gasteiger partial charge in [-0.2, -0.15) is 19.3 Å². The number of fused-ring (bicyclic) bond motifs is 2. The largest absolute Gasteiger partial charge is 0.497 e. The lowest BCUT2D eigenvalue weighted by Crippen LogP contribution is -2.33. The number of nitrogens with two attached hydrogens (primary N) is 3. The van der Waals surface area contributed by atoms with Crippen LogP contribution in [-0.4, -0.2) is 88.3 Å². The number of methoxy groups -OCH3 is 2. The Balaban J connectivity index is 0.000000150. The number of anilines is 1. The van der Waals surface area contributed by atoms with Crippen molar-refractivity contribution in [3.05, 3.63) is 66.2 Å². The average molecular weight is 715 g/mol. The Labute approximate surface area is 300 Å². The number of aromatic nitrogens is 10. The molecule has 0 atom stereocenters. The Hall–Kier alpha value is -5.03. The van der Waals surface area contributed by atoms with Crippen molar-refractivity contribution in [2.24, 2.45) is 17.2 Å². The van der Waals surface area contributed by atoms with Crippen molar-refractivity contribution in [1.82, 2.24) is 49.9 Å². The van der Waals surface area contributed by atoms with Crippen molar-refractivity contribution in [2.75, 3.05) is 19.5 Å². The van der Waals surface area contributed by atoms with Gasteiger partial charge in [0.1, 0.15) is 11.5 Å². The van der Waals surface area contributed by atoms with Gasteiger partial charge in [0.25, 0.3) is 0 Å². The van der Waals surface area contributed by atoms with Gasteiger partial charge in [-0.1, -0.05) is 10.4 Å². The molecule has 0 bridgehead atoms. The Kier molecular flexibility index (Phi) is 11.8. The Morgan fingerprint density at radius 1 is 0.627 bits per heavy atom. The molecule has 6 aromatic rings. The van der Waals surface area contributed by atoms with Gasteiger partial charge in [0.05, 0.1) is 38.0 Å². The highest BCUT2D eigenvalue weighted by Gasteiger charge is 2.20. The zero-order valence-corrected chi connectivity index (χ0v) is 29.4. The first kappa shape index (κ1) is 35.8. The van der Waals surface area contributed by atoms with E-state index in [1.54, 1.807) is 29.8 Å². The Bertz CT molecular complexity index is 1980. The second kappa shape index (κ2) is 16.8. The van der Waals surface area contributed by atoms with Crippen LogP contribution in [0.5, 0.6) is 11.5 Å².